The second kappa shape index (κ2) is 5.93. The average Bonchev–Trinajstić information content (AvgIpc) is 2.93. The molecule has 0 unspecified atom stereocenters. The van der Waals surface area contributed by atoms with Crippen molar-refractivity contribution in [1.29, 1.82) is 0 Å². The van der Waals surface area contributed by atoms with Crippen LogP contribution in [0.3, 0.4) is 0 Å². The Kier molecular flexibility index (Phi) is 3.83. The van der Waals surface area contributed by atoms with Gasteiger partial charge in [0.15, 0.2) is 5.82 Å². The number of ether oxygens (including phenoxy) is 1. The lowest BCUT2D eigenvalue weighted by atomic mass is 10.0. The van der Waals surface area contributed by atoms with Crippen LogP contribution in [0.15, 0.2) is 42.7 Å². The molecule has 0 fully saturated rings. The number of nitrogens with zero attached hydrogens (tertiary/aromatic N) is 3. The summed E-state index contributed by atoms with van der Waals surface area (Å²) >= 11 is 0. The Hall–Kier alpha value is -2.40. The van der Waals surface area contributed by atoms with Crippen LogP contribution in [0.2, 0.25) is 0 Å². The summed E-state index contributed by atoms with van der Waals surface area (Å²) in [4.78, 5) is 4.21. The van der Waals surface area contributed by atoms with Crippen molar-refractivity contribution in [2.45, 2.75) is 13.1 Å². The highest BCUT2D eigenvalue weighted by atomic mass is 16.5. The van der Waals surface area contributed by atoms with E-state index in [0.29, 0.717) is 6.54 Å². The summed E-state index contributed by atoms with van der Waals surface area (Å²) in [6.45, 7) is 1.42. The smallest absolute Gasteiger partial charge is 0.164 e. The van der Waals surface area contributed by atoms with Gasteiger partial charge < -0.3 is 10.1 Å². The largest absolute Gasteiger partial charge is 0.496 e. The van der Waals surface area contributed by atoms with E-state index in [-0.39, 0.29) is 0 Å². The second-order valence-electron chi connectivity index (χ2n) is 4.91. The van der Waals surface area contributed by atoms with E-state index in [2.05, 4.69) is 33.6 Å². The summed E-state index contributed by atoms with van der Waals surface area (Å²) in [5, 5.41) is 9.98. The molecule has 0 atom stereocenters. The van der Waals surface area contributed by atoms with Crippen molar-refractivity contribution in [3.63, 3.8) is 0 Å². The zero-order chi connectivity index (χ0) is 14.7. The summed E-state index contributed by atoms with van der Waals surface area (Å²) in [6, 6.07) is 12.4. The fourth-order valence-corrected chi connectivity index (χ4v) is 2.44. The summed E-state index contributed by atoms with van der Waals surface area (Å²) in [5.74, 6) is 1.70. The molecule has 0 saturated heterocycles. The van der Waals surface area contributed by atoms with Crippen LogP contribution < -0.4 is 10.1 Å². The third-order valence-corrected chi connectivity index (χ3v) is 3.44. The maximum atomic E-state index is 5.42. The number of fused-ring (bicyclic) bond motifs is 1. The Morgan fingerprint density at radius 2 is 1.90 bits per heavy atom. The van der Waals surface area contributed by atoms with Gasteiger partial charge in [0.1, 0.15) is 12.1 Å². The average molecular weight is 282 g/mol. The lowest BCUT2D eigenvalue weighted by molar-refractivity contribution is 0.419. The van der Waals surface area contributed by atoms with Crippen molar-refractivity contribution in [3.8, 4) is 5.75 Å². The van der Waals surface area contributed by atoms with E-state index in [4.69, 9.17) is 4.74 Å². The van der Waals surface area contributed by atoms with Gasteiger partial charge in [0, 0.05) is 19.0 Å². The van der Waals surface area contributed by atoms with Gasteiger partial charge in [-0.25, -0.2) is 4.98 Å². The second-order valence-corrected chi connectivity index (χ2v) is 4.91. The Morgan fingerprint density at radius 1 is 1.10 bits per heavy atom. The Morgan fingerprint density at radius 3 is 2.62 bits per heavy atom. The van der Waals surface area contributed by atoms with Crippen LogP contribution in [0.5, 0.6) is 5.75 Å². The zero-order valence-corrected chi connectivity index (χ0v) is 12.2. The Labute approximate surface area is 123 Å². The lowest BCUT2D eigenvalue weighted by Crippen LogP contribution is -2.14. The molecule has 0 aliphatic heterocycles. The third kappa shape index (κ3) is 2.87. The number of rotatable bonds is 5. The quantitative estimate of drug-likeness (QED) is 0.780. The molecule has 0 saturated carbocycles. The van der Waals surface area contributed by atoms with Gasteiger partial charge in [-0.15, -0.1) is 0 Å². The molecular weight excluding hydrogens is 264 g/mol. The Balaban J connectivity index is 1.78. The van der Waals surface area contributed by atoms with E-state index in [1.54, 1.807) is 18.1 Å². The van der Waals surface area contributed by atoms with E-state index < -0.39 is 0 Å². The van der Waals surface area contributed by atoms with Gasteiger partial charge in [-0.1, -0.05) is 30.3 Å². The fraction of sp³-hybridized carbons (Fsp3) is 0.250. The standard InChI is InChI=1S/C16H18N4O/c1-20-11-18-16(19-20)10-17-9-12-7-8-15(21-2)14-6-4-3-5-13(12)14/h3-8,11,17H,9-10H2,1-2H3. The molecule has 0 radical (unpaired) electrons. The third-order valence-electron chi connectivity index (χ3n) is 3.44. The summed E-state index contributed by atoms with van der Waals surface area (Å²) in [6.07, 6.45) is 1.71. The van der Waals surface area contributed by atoms with E-state index in [9.17, 15) is 0 Å². The van der Waals surface area contributed by atoms with Crippen LogP contribution in [0.25, 0.3) is 10.8 Å². The first-order valence-electron chi connectivity index (χ1n) is 6.88. The molecule has 2 aromatic carbocycles. The van der Waals surface area contributed by atoms with Crippen LogP contribution >= 0.6 is 0 Å². The highest BCUT2D eigenvalue weighted by Gasteiger charge is 2.06. The van der Waals surface area contributed by atoms with Gasteiger partial charge in [-0.2, -0.15) is 5.10 Å². The number of methoxy groups -OCH3 is 1. The molecule has 0 aliphatic carbocycles. The van der Waals surface area contributed by atoms with Crippen molar-refractivity contribution < 1.29 is 4.74 Å². The first-order valence-corrected chi connectivity index (χ1v) is 6.88. The number of hydrogen-bond donors (Lipinski definition) is 1. The molecule has 5 heteroatoms. The van der Waals surface area contributed by atoms with Crippen molar-refractivity contribution in [1.82, 2.24) is 20.1 Å². The van der Waals surface area contributed by atoms with Gasteiger partial charge in [-0.05, 0) is 17.0 Å². The fourth-order valence-electron chi connectivity index (χ4n) is 2.44. The molecule has 3 rings (SSSR count). The first-order chi connectivity index (χ1) is 10.3. The number of benzene rings is 2. The van der Waals surface area contributed by atoms with Crippen molar-refractivity contribution in [3.05, 3.63) is 54.1 Å². The summed E-state index contributed by atoms with van der Waals surface area (Å²) in [7, 11) is 3.57. The molecule has 0 amide bonds. The monoisotopic (exact) mass is 282 g/mol. The van der Waals surface area contributed by atoms with Gasteiger partial charge in [0.05, 0.1) is 13.7 Å². The van der Waals surface area contributed by atoms with Crippen LogP contribution in [0.4, 0.5) is 0 Å². The van der Waals surface area contributed by atoms with Gasteiger partial charge in [-0.3, -0.25) is 4.68 Å². The van der Waals surface area contributed by atoms with Gasteiger partial charge in [0.2, 0.25) is 0 Å². The maximum absolute atomic E-state index is 5.42. The number of hydrogen-bond acceptors (Lipinski definition) is 4. The molecule has 0 aliphatic rings. The minimum atomic E-state index is 0.654. The van der Waals surface area contributed by atoms with Gasteiger partial charge >= 0.3 is 0 Å². The van der Waals surface area contributed by atoms with Gasteiger partial charge in [0.25, 0.3) is 0 Å². The van der Waals surface area contributed by atoms with Crippen LogP contribution in [0, 0.1) is 0 Å². The normalized spacial score (nSPS) is 11.0. The molecule has 21 heavy (non-hydrogen) atoms. The molecule has 0 spiro atoms. The maximum Gasteiger partial charge on any atom is 0.164 e. The predicted octanol–water partition coefficient (Wildman–Crippen LogP) is 2.27. The lowest BCUT2D eigenvalue weighted by Gasteiger charge is -2.10. The molecular formula is C16H18N4O. The van der Waals surface area contributed by atoms with Crippen molar-refractivity contribution in [2.24, 2.45) is 7.05 Å². The summed E-state index contributed by atoms with van der Waals surface area (Å²) in [5.41, 5.74) is 1.24. The molecule has 5 nitrogen and oxygen atoms in total. The molecule has 1 aromatic heterocycles. The Bertz CT molecular complexity index is 751. The molecule has 3 aromatic rings. The first kappa shape index (κ1) is 13.6. The topological polar surface area (TPSA) is 52.0 Å². The van der Waals surface area contributed by atoms with Crippen LogP contribution in [-0.4, -0.2) is 21.9 Å². The van der Waals surface area contributed by atoms with Crippen molar-refractivity contribution >= 4 is 10.8 Å². The van der Waals surface area contributed by atoms with E-state index in [1.165, 1.54) is 10.9 Å². The van der Waals surface area contributed by atoms with E-state index >= 15 is 0 Å². The molecule has 1 N–H and O–H groups in total. The zero-order valence-electron chi connectivity index (χ0n) is 12.2. The van der Waals surface area contributed by atoms with E-state index in [1.807, 2.05) is 25.2 Å². The minimum Gasteiger partial charge on any atom is -0.496 e. The van der Waals surface area contributed by atoms with E-state index in [0.717, 1.165) is 23.5 Å². The summed E-state index contributed by atoms with van der Waals surface area (Å²) < 4.78 is 7.12. The molecule has 0 bridgehead atoms. The highest BCUT2D eigenvalue weighted by Crippen LogP contribution is 2.28. The molecule has 108 valence electrons. The minimum absolute atomic E-state index is 0.654. The predicted molar refractivity (Wildman–Crippen MR) is 82.0 cm³/mol. The number of aryl methyl sites for hydroxylation is 1. The van der Waals surface area contributed by atoms with Crippen molar-refractivity contribution in [2.75, 3.05) is 7.11 Å². The number of aromatic nitrogens is 3. The number of nitrogens with one attached hydrogen (secondary N) is 1. The SMILES string of the molecule is COc1ccc(CNCc2ncn(C)n2)c2ccccc12. The van der Waals surface area contributed by atoms with Crippen LogP contribution in [0.1, 0.15) is 11.4 Å². The highest BCUT2D eigenvalue weighted by molar-refractivity contribution is 5.91. The van der Waals surface area contributed by atoms with Crippen LogP contribution in [-0.2, 0) is 20.1 Å². The molecule has 1 heterocycles.